The third-order valence-corrected chi connectivity index (χ3v) is 12.5. The molecular formula is C61H78N2O4. The first-order valence-corrected chi connectivity index (χ1v) is 25.8. The van der Waals surface area contributed by atoms with Crippen LogP contribution in [0, 0.1) is 0 Å². The normalized spacial score (nSPS) is 11.1. The number of benzene rings is 6. The summed E-state index contributed by atoms with van der Waals surface area (Å²) in [7, 11) is 0. The van der Waals surface area contributed by atoms with E-state index >= 15 is 0 Å². The average Bonchev–Trinajstić information content (AvgIpc) is 3.37. The highest BCUT2D eigenvalue weighted by atomic mass is 16.5. The van der Waals surface area contributed by atoms with Crippen LogP contribution in [0.15, 0.2) is 146 Å². The van der Waals surface area contributed by atoms with Gasteiger partial charge in [0.15, 0.2) is 0 Å². The van der Waals surface area contributed by atoms with Crippen molar-refractivity contribution in [3.8, 4) is 28.4 Å². The largest absolute Gasteiger partial charge is 0.494 e. The highest BCUT2D eigenvalue weighted by Crippen LogP contribution is 2.39. The van der Waals surface area contributed by atoms with Gasteiger partial charge in [-0.1, -0.05) is 153 Å². The lowest BCUT2D eigenvalue weighted by atomic mass is 10.0. The second-order valence-corrected chi connectivity index (χ2v) is 17.9. The Morgan fingerprint density at radius 1 is 0.328 bits per heavy atom. The SMILES string of the molecule is CCCCCCCCOc1ccc(N(c2ccc(OCCCCCCCC)cc2)c2ccc(-c3ccc(N(c4ccc(OCCCCCCCC)cc4)c4cccc(CO)c4)cc3)cc2)cc1. The Hall–Kier alpha value is -5.72. The van der Waals surface area contributed by atoms with Gasteiger partial charge in [0, 0.05) is 34.1 Å². The fraction of sp³-hybridized carbons (Fsp3) is 0.410. The molecule has 0 amide bonds. The van der Waals surface area contributed by atoms with E-state index in [0.717, 1.165) is 107 Å². The van der Waals surface area contributed by atoms with Gasteiger partial charge in [-0.15, -0.1) is 0 Å². The summed E-state index contributed by atoms with van der Waals surface area (Å²) in [4.78, 5) is 4.53. The van der Waals surface area contributed by atoms with Crippen LogP contribution in [0.25, 0.3) is 11.1 Å². The van der Waals surface area contributed by atoms with E-state index in [9.17, 15) is 5.11 Å². The fourth-order valence-electron chi connectivity index (χ4n) is 8.59. The summed E-state index contributed by atoms with van der Waals surface area (Å²) in [5, 5.41) is 10.0. The Bertz CT molecular complexity index is 2160. The maximum absolute atomic E-state index is 10.0. The molecule has 0 aliphatic rings. The first-order chi connectivity index (χ1) is 33.1. The molecule has 0 atom stereocenters. The summed E-state index contributed by atoms with van der Waals surface area (Å²) < 4.78 is 18.5. The Morgan fingerprint density at radius 2 is 0.627 bits per heavy atom. The minimum Gasteiger partial charge on any atom is -0.494 e. The number of hydrogen-bond acceptors (Lipinski definition) is 6. The average molecular weight is 903 g/mol. The van der Waals surface area contributed by atoms with Crippen molar-refractivity contribution in [3.63, 3.8) is 0 Å². The Balaban J connectivity index is 1.17. The topological polar surface area (TPSA) is 54.4 Å². The number of nitrogens with zero attached hydrogens (tertiary/aromatic N) is 2. The van der Waals surface area contributed by atoms with Crippen molar-refractivity contribution in [2.24, 2.45) is 0 Å². The van der Waals surface area contributed by atoms with Crippen molar-refractivity contribution in [3.05, 3.63) is 151 Å². The number of rotatable bonds is 32. The van der Waals surface area contributed by atoms with Gasteiger partial charge in [0.2, 0.25) is 0 Å². The summed E-state index contributed by atoms with van der Waals surface area (Å²) in [6.45, 7) is 8.98. The van der Waals surface area contributed by atoms with Gasteiger partial charge in [-0.05, 0) is 145 Å². The number of ether oxygens (including phenoxy) is 3. The van der Waals surface area contributed by atoms with Crippen LogP contribution in [-0.2, 0) is 6.61 Å². The molecule has 6 heteroatoms. The highest BCUT2D eigenvalue weighted by Gasteiger charge is 2.16. The molecule has 6 rings (SSSR count). The molecule has 0 unspecified atom stereocenters. The smallest absolute Gasteiger partial charge is 0.119 e. The molecule has 0 bridgehead atoms. The molecule has 0 aliphatic carbocycles. The van der Waals surface area contributed by atoms with Gasteiger partial charge < -0.3 is 29.1 Å². The number of aliphatic hydroxyl groups excluding tert-OH is 1. The lowest BCUT2D eigenvalue weighted by Gasteiger charge is -2.27. The maximum Gasteiger partial charge on any atom is 0.119 e. The molecule has 6 nitrogen and oxygen atoms in total. The molecule has 356 valence electrons. The molecule has 0 saturated heterocycles. The van der Waals surface area contributed by atoms with Crippen LogP contribution < -0.4 is 24.0 Å². The molecular weight excluding hydrogens is 825 g/mol. The third-order valence-electron chi connectivity index (χ3n) is 12.5. The van der Waals surface area contributed by atoms with E-state index in [1.165, 1.54) is 96.3 Å². The van der Waals surface area contributed by atoms with Crippen LogP contribution >= 0.6 is 0 Å². The monoisotopic (exact) mass is 903 g/mol. The van der Waals surface area contributed by atoms with Gasteiger partial charge in [-0.3, -0.25) is 0 Å². The summed E-state index contributed by atoms with van der Waals surface area (Å²) in [5.74, 6) is 2.69. The highest BCUT2D eigenvalue weighted by molar-refractivity contribution is 5.81. The van der Waals surface area contributed by atoms with E-state index in [0.29, 0.717) is 0 Å². The molecule has 6 aromatic carbocycles. The predicted octanol–water partition coefficient (Wildman–Crippen LogP) is 18.0. The first-order valence-electron chi connectivity index (χ1n) is 25.8. The van der Waals surface area contributed by atoms with Crippen molar-refractivity contribution in [2.45, 2.75) is 143 Å². The number of aliphatic hydroxyl groups is 1. The van der Waals surface area contributed by atoms with E-state index in [1.807, 2.05) is 12.1 Å². The van der Waals surface area contributed by atoms with Crippen LogP contribution in [0.5, 0.6) is 17.2 Å². The van der Waals surface area contributed by atoms with Crippen LogP contribution in [0.1, 0.15) is 142 Å². The van der Waals surface area contributed by atoms with Crippen LogP contribution in [0.2, 0.25) is 0 Å². The summed E-state index contributed by atoms with van der Waals surface area (Å²) in [6, 6.07) is 51.0. The molecule has 0 aliphatic heterocycles. The van der Waals surface area contributed by atoms with Gasteiger partial charge in [-0.25, -0.2) is 0 Å². The summed E-state index contributed by atoms with van der Waals surface area (Å²) in [5.41, 5.74) is 9.36. The molecule has 1 N–H and O–H groups in total. The number of unbranched alkanes of at least 4 members (excludes halogenated alkanes) is 15. The Kier molecular flexibility index (Phi) is 22.0. The molecule has 0 spiro atoms. The van der Waals surface area contributed by atoms with E-state index in [4.69, 9.17) is 14.2 Å². The second kappa shape index (κ2) is 29.1. The zero-order valence-electron chi connectivity index (χ0n) is 41.0. The van der Waals surface area contributed by atoms with Crippen LogP contribution in [-0.4, -0.2) is 24.9 Å². The third kappa shape index (κ3) is 16.5. The lowest BCUT2D eigenvalue weighted by Crippen LogP contribution is -2.10. The zero-order chi connectivity index (χ0) is 46.7. The van der Waals surface area contributed by atoms with Crippen molar-refractivity contribution in [1.82, 2.24) is 0 Å². The molecule has 0 saturated carbocycles. The van der Waals surface area contributed by atoms with E-state index in [1.54, 1.807) is 0 Å². The minimum absolute atomic E-state index is 0.0165. The number of anilines is 6. The Labute approximate surface area is 403 Å². The molecule has 0 radical (unpaired) electrons. The lowest BCUT2D eigenvalue weighted by molar-refractivity contribution is 0.282. The van der Waals surface area contributed by atoms with Gasteiger partial charge in [0.1, 0.15) is 17.2 Å². The van der Waals surface area contributed by atoms with Crippen molar-refractivity contribution in [1.29, 1.82) is 0 Å². The predicted molar refractivity (Wildman–Crippen MR) is 284 cm³/mol. The number of hydrogen-bond donors (Lipinski definition) is 1. The quantitative estimate of drug-likeness (QED) is 0.0426. The second-order valence-electron chi connectivity index (χ2n) is 17.9. The van der Waals surface area contributed by atoms with Gasteiger partial charge >= 0.3 is 0 Å². The summed E-state index contributed by atoms with van der Waals surface area (Å²) >= 11 is 0. The van der Waals surface area contributed by atoms with Crippen molar-refractivity contribution in [2.75, 3.05) is 29.6 Å². The van der Waals surface area contributed by atoms with Crippen LogP contribution in [0.4, 0.5) is 34.1 Å². The maximum atomic E-state index is 10.0. The van der Waals surface area contributed by atoms with Crippen LogP contribution in [0.3, 0.4) is 0 Å². The van der Waals surface area contributed by atoms with E-state index < -0.39 is 0 Å². The molecule has 0 fully saturated rings. The molecule has 0 heterocycles. The zero-order valence-corrected chi connectivity index (χ0v) is 41.0. The molecule has 0 aromatic heterocycles. The Morgan fingerprint density at radius 3 is 0.955 bits per heavy atom. The van der Waals surface area contributed by atoms with E-state index in [-0.39, 0.29) is 6.61 Å². The van der Waals surface area contributed by atoms with Gasteiger partial charge in [0.05, 0.1) is 26.4 Å². The molecule has 6 aromatic rings. The van der Waals surface area contributed by atoms with Crippen molar-refractivity contribution >= 4 is 34.1 Å². The van der Waals surface area contributed by atoms with Gasteiger partial charge in [0.25, 0.3) is 0 Å². The minimum atomic E-state index is -0.0165. The molecule has 67 heavy (non-hydrogen) atoms. The van der Waals surface area contributed by atoms with Crippen molar-refractivity contribution < 1.29 is 19.3 Å². The van der Waals surface area contributed by atoms with Gasteiger partial charge in [-0.2, -0.15) is 0 Å². The van der Waals surface area contributed by atoms with E-state index in [2.05, 4.69) is 164 Å². The fourth-order valence-corrected chi connectivity index (χ4v) is 8.59. The standard InChI is InChI=1S/C61H78N2O4/c1-4-7-10-13-16-19-45-65-59-39-33-55(34-40-59)62(56-35-41-60(42-36-56)66-46-20-17-14-11-8-5-2)53-29-25-51(26-30-53)52-27-31-54(32-28-52)63(58-24-22-23-50(48-58)49-64)57-37-43-61(44-38-57)67-47-21-18-15-12-9-6-3/h22-44,48,64H,4-21,45-47,49H2,1-3H3. The summed E-state index contributed by atoms with van der Waals surface area (Å²) in [6.07, 6.45) is 22.4. The first kappa shape index (κ1) is 50.7.